The van der Waals surface area contributed by atoms with Gasteiger partial charge in [0.25, 0.3) is 0 Å². The van der Waals surface area contributed by atoms with Crippen molar-refractivity contribution in [1.29, 1.82) is 0 Å². The minimum Gasteiger partial charge on any atom is -0.461 e. The number of amides is 1. The Kier molecular flexibility index (Phi) is 5.48. The third-order valence-corrected chi connectivity index (χ3v) is 5.63. The smallest absolute Gasteiger partial charge is 0.223 e. The Bertz CT molecular complexity index is 871. The summed E-state index contributed by atoms with van der Waals surface area (Å²) in [6.07, 6.45) is 1.56. The minimum absolute atomic E-state index is 0.0233. The first-order valence-corrected chi connectivity index (χ1v) is 10.5. The molecule has 1 aromatic carbocycles. The first kappa shape index (κ1) is 18.7. The van der Waals surface area contributed by atoms with E-state index in [4.69, 9.17) is 9.56 Å². The van der Waals surface area contributed by atoms with Crippen LogP contribution in [0.1, 0.15) is 24.2 Å². The lowest BCUT2D eigenvalue weighted by Crippen LogP contribution is -2.30. The van der Waals surface area contributed by atoms with Crippen LogP contribution in [-0.2, 0) is 21.2 Å². The number of aryl methyl sites for hydroxylation is 2. The number of primary sulfonamides is 1. The summed E-state index contributed by atoms with van der Waals surface area (Å²) in [5.41, 5.74) is 2.20. The molecule has 1 aliphatic heterocycles. The zero-order valence-electron chi connectivity index (χ0n) is 14.8. The zero-order chi connectivity index (χ0) is 18.7. The molecule has 0 spiro atoms. The van der Waals surface area contributed by atoms with Gasteiger partial charge in [0.15, 0.2) is 0 Å². The largest absolute Gasteiger partial charge is 0.461 e. The monoisotopic (exact) mass is 376 g/mol. The standard InChI is InChI=1S/C19H24N2O4S/c1-14-2-4-16(5-3-14)18-8-6-17(25-18)7-9-19(22)21-11-10-15(12-21)13-26(20,23)24/h2-6,8,15H,7,9-13H2,1H3,(H2,20,23,24)/t15-/m1/s1. The second-order valence-corrected chi connectivity index (χ2v) is 8.62. The summed E-state index contributed by atoms with van der Waals surface area (Å²) in [5.74, 6) is 1.46. The number of hydrogen-bond donors (Lipinski definition) is 1. The van der Waals surface area contributed by atoms with Crippen molar-refractivity contribution in [2.45, 2.75) is 26.2 Å². The lowest BCUT2D eigenvalue weighted by Gasteiger charge is -2.16. The van der Waals surface area contributed by atoms with E-state index in [1.54, 1.807) is 4.90 Å². The lowest BCUT2D eigenvalue weighted by atomic mass is 10.1. The van der Waals surface area contributed by atoms with Gasteiger partial charge in [0.1, 0.15) is 11.5 Å². The Labute approximate surface area is 154 Å². The van der Waals surface area contributed by atoms with Crippen LogP contribution >= 0.6 is 0 Å². The average Bonchev–Trinajstić information content (AvgIpc) is 3.21. The second kappa shape index (κ2) is 7.63. The molecule has 140 valence electrons. The van der Waals surface area contributed by atoms with Gasteiger partial charge < -0.3 is 9.32 Å². The molecule has 2 heterocycles. The predicted molar refractivity (Wildman–Crippen MR) is 99.9 cm³/mol. The third kappa shape index (κ3) is 4.95. The molecule has 0 radical (unpaired) electrons. The highest BCUT2D eigenvalue weighted by atomic mass is 32.2. The van der Waals surface area contributed by atoms with Crippen LogP contribution in [0, 0.1) is 12.8 Å². The maximum absolute atomic E-state index is 12.3. The fourth-order valence-electron chi connectivity index (χ4n) is 3.30. The fourth-order valence-corrected chi connectivity index (χ4v) is 4.23. The number of rotatable bonds is 6. The van der Waals surface area contributed by atoms with Crippen LogP contribution in [0.5, 0.6) is 0 Å². The number of carbonyl (C=O) groups excluding carboxylic acids is 1. The summed E-state index contributed by atoms with van der Waals surface area (Å²) >= 11 is 0. The van der Waals surface area contributed by atoms with E-state index in [9.17, 15) is 13.2 Å². The summed E-state index contributed by atoms with van der Waals surface area (Å²) in [7, 11) is -3.49. The molecule has 1 atom stereocenters. The Balaban J connectivity index is 1.52. The Hall–Kier alpha value is -2.12. The van der Waals surface area contributed by atoms with Crippen LogP contribution in [-0.4, -0.2) is 38.1 Å². The highest BCUT2D eigenvalue weighted by Crippen LogP contribution is 2.24. The predicted octanol–water partition coefficient (Wildman–Crippen LogP) is 2.32. The van der Waals surface area contributed by atoms with Gasteiger partial charge in [-0.05, 0) is 31.4 Å². The highest BCUT2D eigenvalue weighted by molar-refractivity contribution is 7.89. The van der Waals surface area contributed by atoms with E-state index >= 15 is 0 Å². The number of sulfonamides is 1. The molecule has 1 saturated heterocycles. The summed E-state index contributed by atoms with van der Waals surface area (Å²) < 4.78 is 28.2. The molecule has 0 unspecified atom stereocenters. The maximum Gasteiger partial charge on any atom is 0.223 e. The Morgan fingerprint density at radius 1 is 1.23 bits per heavy atom. The SMILES string of the molecule is Cc1ccc(-c2ccc(CCC(=O)N3CC[C@@H](CS(N)(=O)=O)C3)o2)cc1. The number of nitrogens with two attached hydrogens (primary N) is 1. The number of hydrogen-bond acceptors (Lipinski definition) is 4. The van der Waals surface area contributed by atoms with Gasteiger partial charge in [-0.25, -0.2) is 13.6 Å². The average molecular weight is 376 g/mol. The summed E-state index contributed by atoms with van der Waals surface area (Å²) in [6.45, 7) is 3.09. The molecule has 1 aromatic heterocycles. The number of likely N-dealkylation sites (tertiary alicyclic amines) is 1. The van der Waals surface area contributed by atoms with Crippen molar-refractivity contribution >= 4 is 15.9 Å². The lowest BCUT2D eigenvalue weighted by molar-refractivity contribution is -0.130. The van der Waals surface area contributed by atoms with Gasteiger partial charge >= 0.3 is 0 Å². The Morgan fingerprint density at radius 2 is 1.96 bits per heavy atom. The van der Waals surface area contributed by atoms with Crippen molar-refractivity contribution in [3.63, 3.8) is 0 Å². The fraction of sp³-hybridized carbons (Fsp3) is 0.421. The van der Waals surface area contributed by atoms with Crippen molar-refractivity contribution in [2.24, 2.45) is 11.1 Å². The van der Waals surface area contributed by atoms with E-state index in [-0.39, 0.29) is 17.6 Å². The van der Waals surface area contributed by atoms with Gasteiger partial charge in [0.05, 0.1) is 5.75 Å². The number of benzene rings is 1. The van der Waals surface area contributed by atoms with Crippen LogP contribution in [0.4, 0.5) is 0 Å². The molecule has 0 aliphatic carbocycles. The summed E-state index contributed by atoms with van der Waals surface area (Å²) in [6, 6.07) is 11.9. The molecule has 1 fully saturated rings. The van der Waals surface area contributed by atoms with Crippen molar-refractivity contribution in [3.05, 3.63) is 47.7 Å². The number of furan rings is 1. The van der Waals surface area contributed by atoms with Crippen LogP contribution < -0.4 is 5.14 Å². The van der Waals surface area contributed by atoms with E-state index in [1.807, 2.05) is 43.3 Å². The molecule has 0 bridgehead atoms. The molecule has 7 heteroatoms. The summed E-state index contributed by atoms with van der Waals surface area (Å²) in [4.78, 5) is 14.1. The molecule has 0 saturated carbocycles. The molecule has 1 aliphatic rings. The first-order chi connectivity index (χ1) is 12.3. The first-order valence-electron chi connectivity index (χ1n) is 8.74. The van der Waals surface area contributed by atoms with Crippen LogP contribution in [0.3, 0.4) is 0 Å². The topological polar surface area (TPSA) is 93.6 Å². The van der Waals surface area contributed by atoms with Crippen LogP contribution in [0.15, 0.2) is 40.8 Å². The van der Waals surface area contributed by atoms with Crippen LogP contribution in [0.2, 0.25) is 0 Å². The Morgan fingerprint density at radius 3 is 2.65 bits per heavy atom. The zero-order valence-corrected chi connectivity index (χ0v) is 15.7. The van der Waals surface area contributed by atoms with E-state index in [0.717, 1.165) is 17.1 Å². The highest BCUT2D eigenvalue weighted by Gasteiger charge is 2.28. The van der Waals surface area contributed by atoms with Gasteiger partial charge in [-0.2, -0.15) is 0 Å². The van der Waals surface area contributed by atoms with Crippen molar-refractivity contribution in [1.82, 2.24) is 4.90 Å². The van der Waals surface area contributed by atoms with Gasteiger partial charge in [-0.15, -0.1) is 0 Å². The van der Waals surface area contributed by atoms with E-state index < -0.39 is 10.0 Å². The van der Waals surface area contributed by atoms with Crippen molar-refractivity contribution in [2.75, 3.05) is 18.8 Å². The van der Waals surface area contributed by atoms with Crippen molar-refractivity contribution in [3.8, 4) is 11.3 Å². The normalized spacial score (nSPS) is 17.6. The van der Waals surface area contributed by atoms with E-state index in [1.165, 1.54) is 5.56 Å². The van der Waals surface area contributed by atoms with Gasteiger partial charge in [-0.1, -0.05) is 29.8 Å². The molecular formula is C19H24N2O4S. The second-order valence-electron chi connectivity index (χ2n) is 6.96. The molecular weight excluding hydrogens is 352 g/mol. The van der Waals surface area contributed by atoms with E-state index in [2.05, 4.69) is 0 Å². The molecule has 3 rings (SSSR count). The maximum atomic E-state index is 12.3. The molecule has 2 N–H and O–H groups in total. The minimum atomic E-state index is -3.49. The van der Waals surface area contributed by atoms with E-state index in [0.29, 0.717) is 32.4 Å². The summed E-state index contributed by atoms with van der Waals surface area (Å²) in [5, 5.41) is 5.09. The number of nitrogens with zero attached hydrogens (tertiary/aromatic N) is 1. The molecule has 1 amide bonds. The molecule has 6 nitrogen and oxygen atoms in total. The van der Waals surface area contributed by atoms with Gasteiger partial charge in [0.2, 0.25) is 15.9 Å². The third-order valence-electron chi connectivity index (χ3n) is 4.69. The molecule has 26 heavy (non-hydrogen) atoms. The van der Waals surface area contributed by atoms with Crippen molar-refractivity contribution < 1.29 is 17.6 Å². The van der Waals surface area contributed by atoms with Gasteiger partial charge in [-0.3, -0.25) is 4.79 Å². The number of carbonyl (C=O) groups is 1. The van der Waals surface area contributed by atoms with Crippen LogP contribution in [0.25, 0.3) is 11.3 Å². The van der Waals surface area contributed by atoms with Gasteiger partial charge in [0, 0.05) is 31.5 Å². The quantitative estimate of drug-likeness (QED) is 0.837. The molecule has 2 aromatic rings.